The minimum atomic E-state index is -4.54. The van der Waals surface area contributed by atoms with Gasteiger partial charge in [-0.15, -0.1) is 10.2 Å². The fourth-order valence-electron chi connectivity index (χ4n) is 6.54. The number of carbonyl (C=O) groups excluding carboxylic acids is 1. The quantitative estimate of drug-likeness (QED) is 0.438. The summed E-state index contributed by atoms with van der Waals surface area (Å²) in [5, 5.41) is 11.9. The van der Waals surface area contributed by atoms with Crippen molar-refractivity contribution in [2.45, 2.75) is 82.1 Å². The first kappa shape index (κ1) is 25.1. The van der Waals surface area contributed by atoms with Crippen LogP contribution in [0.25, 0.3) is 0 Å². The van der Waals surface area contributed by atoms with E-state index in [-0.39, 0.29) is 28.6 Å². The predicted octanol–water partition coefficient (Wildman–Crippen LogP) is 5.89. The van der Waals surface area contributed by atoms with E-state index in [2.05, 4.69) is 22.4 Å². The Hall–Kier alpha value is -3.20. The first-order valence-electron chi connectivity index (χ1n) is 13.3. The second-order valence-electron chi connectivity index (χ2n) is 11.4. The molecule has 2 heterocycles. The molecule has 3 aliphatic rings. The first-order chi connectivity index (χ1) is 18.1. The molecule has 1 aliphatic heterocycles. The molecule has 9 heteroatoms. The highest BCUT2D eigenvalue weighted by molar-refractivity contribution is 6.10. The van der Waals surface area contributed by atoms with Gasteiger partial charge in [-0.3, -0.25) is 4.79 Å². The Kier molecular flexibility index (Phi) is 5.90. The molecule has 0 spiro atoms. The van der Waals surface area contributed by atoms with Crippen molar-refractivity contribution in [3.05, 3.63) is 76.4 Å². The Morgan fingerprint density at radius 1 is 1.05 bits per heavy atom. The normalized spacial score (nSPS) is 20.0. The summed E-state index contributed by atoms with van der Waals surface area (Å²) in [4.78, 5) is 15.1. The molecule has 0 bridgehead atoms. The standard InChI is InChI=1S/C29H32F3N5O/c1-27(9-6-10-27)33-16-19-13-22-23(24(14-19)29(30,31)32)17-37(25(22)38)21-8-5-7-20(15-21)28(11-3-4-12-28)26-35-34-18-36(26)2/h5,7-8,13-15,18,33H,3-4,6,9-12,16-17H2,1-2H3. The maximum atomic E-state index is 14.2. The van der Waals surface area contributed by atoms with Crippen molar-refractivity contribution in [1.82, 2.24) is 20.1 Å². The number of aromatic nitrogens is 3. The van der Waals surface area contributed by atoms with E-state index in [9.17, 15) is 18.0 Å². The highest BCUT2D eigenvalue weighted by atomic mass is 19.4. The molecule has 200 valence electrons. The Balaban J connectivity index is 1.35. The average molecular weight is 524 g/mol. The van der Waals surface area contributed by atoms with E-state index in [4.69, 9.17) is 0 Å². The van der Waals surface area contributed by atoms with Crippen LogP contribution in [0.1, 0.15) is 90.3 Å². The van der Waals surface area contributed by atoms with Gasteiger partial charge in [0.25, 0.3) is 5.91 Å². The zero-order valence-electron chi connectivity index (χ0n) is 21.7. The van der Waals surface area contributed by atoms with E-state index in [0.717, 1.165) is 56.3 Å². The number of rotatable bonds is 6. The molecule has 6 nitrogen and oxygen atoms in total. The Morgan fingerprint density at radius 3 is 2.45 bits per heavy atom. The smallest absolute Gasteiger partial charge is 0.320 e. The maximum Gasteiger partial charge on any atom is 0.416 e. The third-order valence-electron chi connectivity index (χ3n) is 8.89. The van der Waals surface area contributed by atoms with Crippen LogP contribution < -0.4 is 10.2 Å². The second kappa shape index (κ2) is 8.93. The summed E-state index contributed by atoms with van der Waals surface area (Å²) in [6.07, 6.45) is 4.19. The van der Waals surface area contributed by atoms with Crippen LogP contribution in [0.3, 0.4) is 0 Å². The molecular formula is C29H32F3N5O. The third-order valence-corrected chi connectivity index (χ3v) is 8.89. The highest BCUT2D eigenvalue weighted by Crippen LogP contribution is 2.47. The lowest BCUT2D eigenvalue weighted by atomic mass is 9.77. The van der Waals surface area contributed by atoms with E-state index in [0.29, 0.717) is 17.8 Å². The maximum absolute atomic E-state index is 14.2. The van der Waals surface area contributed by atoms with Gasteiger partial charge in [-0.05, 0) is 80.0 Å². The third kappa shape index (κ3) is 4.11. The number of hydrogen-bond donors (Lipinski definition) is 1. The summed E-state index contributed by atoms with van der Waals surface area (Å²) >= 11 is 0. The van der Waals surface area contributed by atoms with Gasteiger partial charge in [0, 0.05) is 30.4 Å². The summed E-state index contributed by atoms with van der Waals surface area (Å²) in [5.41, 5.74) is 1.20. The van der Waals surface area contributed by atoms with Crippen molar-refractivity contribution in [2.24, 2.45) is 7.05 Å². The van der Waals surface area contributed by atoms with Crippen LogP contribution in [-0.4, -0.2) is 26.2 Å². The van der Waals surface area contributed by atoms with Gasteiger partial charge in [-0.1, -0.05) is 25.0 Å². The Morgan fingerprint density at radius 2 is 1.82 bits per heavy atom. The van der Waals surface area contributed by atoms with E-state index in [1.807, 2.05) is 29.8 Å². The summed E-state index contributed by atoms with van der Waals surface area (Å²) in [7, 11) is 1.93. The molecule has 0 atom stereocenters. The van der Waals surface area contributed by atoms with Gasteiger partial charge in [0.1, 0.15) is 12.2 Å². The number of halogens is 3. The molecule has 3 aromatic rings. The molecule has 2 aliphatic carbocycles. The molecule has 2 fully saturated rings. The molecular weight excluding hydrogens is 491 g/mol. The van der Waals surface area contributed by atoms with Crippen LogP contribution in [0.5, 0.6) is 0 Å². The number of alkyl halides is 3. The number of nitrogens with one attached hydrogen (secondary N) is 1. The largest absolute Gasteiger partial charge is 0.416 e. The van der Waals surface area contributed by atoms with E-state index in [1.165, 1.54) is 11.0 Å². The monoisotopic (exact) mass is 523 g/mol. The highest BCUT2D eigenvalue weighted by Gasteiger charge is 2.43. The fraction of sp³-hybridized carbons (Fsp3) is 0.483. The molecule has 1 aromatic heterocycles. The number of anilines is 1. The first-order valence-corrected chi connectivity index (χ1v) is 13.3. The van der Waals surface area contributed by atoms with Crippen molar-refractivity contribution >= 4 is 11.6 Å². The number of benzene rings is 2. The van der Waals surface area contributed by atoms with Gasteiger partial charge in [0.05, 0.1) is 17.5 Å². The van der Waals surface area contributed by atoms with Crippen LogP contribution in [0, 0.1) is 0 Å². The van der Waals surface area contributed by atoms with Crippen LogP contribution in [0.4, 0.5) is 18.9 Å². The van der Waals surface area contributed by atoms with Crippen molar-refractivity contribution in [3.8, 4) is 0 Å². The number of fused-ring (bicyclic) bond motifs is 1. The van der Waals surface area contributed by atoms with Crippen molar-refractivity contribution < 1.29 is 18.0 Å². The van der Waals surface area contributed by atoms with Crippen LogP contribution in [-0.2, 0) is 31.7 Å². The summed E-state index contributed by atoms with van der Waals surface area (Å²) < 4.78 is 44.5. The van der Waals surface area contributed by atoms with Crippen LogP contribution in [0.2, 0.25) is 0 Å². The lowest BCUT2D eigenvalue weighted by Gasteiger charge is -2.39. The molecule has 6 rings (SSSR count). The van der Waals surface area contributed by atoms with Gasteiger partial charge >= 0.3 is 6.18 Å². The number of aryl methyl sites for hydroxylation is 1. The van der Waals surface area contributed by atoms with Gasteiger partial charge in [0.15, 0.2) is 0 Å². The summed E-state index contributed by atoms with van der Waals surface area (Å²) in [5.74, 6) is 0.485. The van der Waals surface area contributed by atoms with E-state index < -0.39 is 17.6 Å². The zero-order chi connectivity index (χ0) is 26.7. The SMILES string of the molecule is Cn1cnnc1C1(c2cccc(N3Cc4c(cc(CNC5(C)CCC5)cc4C(F)(F)F)C3=O)c2)CCCC1. The van der Waals surface area contributed by atoms with Crippen molar-refractivity contribution in [1.29, 1.82) is 0 Å². The summed E-state index contributed by atoms with van der Waals surface area (Å²) in [6.45, 7) is 2.29. The minimum Gasteiger partial charge on any atom is -0.320 e. The molecule has 1 amide bonds. The number of amides is 1. The van der Waals surface area contributed by atoms with Gasteiger partial charge in [0.2, 0.25) is 0 Å². The number of nitrogens with zero attached hydrogens (tertiary/aromatic N) is 4. The lowest BCUT2D eigenvalue weighted by Crippen LogP contribution is -2.47. The fourth-order valence-corrected chi connectivity index (χ4v) is 6.54. The van der Waals surface area contributed by atoms with Crippen molar-refractivity contribution in [3.63, 3.8) is 0 Å². The molecule has 1 N–H and O–H groups in total. The number of hydrogen-bond acceptors (Lipinski definition) is 4. The van der Waals surface area contributed by atoms with Gasteiger partial charge in [-0.2, -0.15) is 13.2 Å². The Labute approximate surface area is 220 Å². The molecule has 0 unspecified atom stereocenters. The van der Waals surface area contributed by atoms with Gasteiger partial charge in [-0.25, -0.2) is 0 Å². The molecule has 2 saturated carbocycles. The number of carbonyl (C=O) groups is 1. The summed E-state index contributed by atoms with van der Waals surface area (Å²) in [6, 6.07) is 10.5. The van der Waals surface area contributed by atoms with E-state index in [1.54, 1.807) is 18.5 Å². The molecule has 0 radical (unpaired) electrons. The molecule has 38 heavy (non-hydrogen) atoms. The minimum absolute atomic E-state index is 0.0488. The van der Waals surface area contributed by atoms with Crippen LogP contribution in [0.15, 0.2) is 42.7 Å². The van der Waals surface area contributed by atoms with Crippen molar-refractivity contribution in [2.75, 3.05) is 4.90 Å². The molecule has 2 aromatic carbocycles. The average Bonchev–Trinajstić information content (AvgIpc) is 3.60. The molecule has 0 saturated heterocycles. The predicted molar refractivity (Wildman–Crippen MR) is 138 cm³/mol. The van der Waals surface area contributed by atoms with E-state index >= 15 is 0 Å². The van der Waals surface area contributed by atoms with Gasteiger partial charge < -0.3 is 14.8 Å². The van der Waals surface area contributed by atoms with Crippen LogP contribution >= 0.6 is 0 Å². The zero-order valence-corrected chi connectivity index (χ0v) is 21.7. The topological polar surface area (TPSA) is 63.1 Å². The second-order valence-corrected chi connectivity index (χ2v) is 11.4. The Bertz CT molecular complexity index is 1390. The lowest BCUT2D eigenvalue weighted by molar-refractivity contribution is -0.138.